The first kappa shape index (κ1) is 21.6. The lowest BCUT2D eigenvalue weighted by molar-refractivity contribution is -0.120. The van der Waals surface area contributed by atoms with E-state index in [1.54, 1.807) is 35.6 Å². The van der Waals surface area contributed by atoms with Gasteiger partial charge in [0.05, 0.1) is 21.4 Å². The first-order chi connectivity index (χ1) is 13.8. The lowest BCUT2D eigenvalue weighted by atomic mass is 10.1. The SMILES string of the molecule is O=C(Cc1ccc(NS(=O)(=O)c2ccc(Cl)c(Cl)c2)cc1)NCCc1cccs1. The smallest absolute Gasteiger partial charge is 0.261 e. The van der Waals surface area contributed by atoms with E-state index in [0.717, 1.165) is 12.0 Å². The molecule has 29 heavy (non-hydrogen) atoms. The van der Waals surface area contributed by atoms with E-state index in [1.165, 1.54) is 23.1 Å². The van der Waals surface area contributed by atoms with Crippen molar-refractivity contribution in [3.63, 3.8) is 0 Å². The predicted octanol–water partition coefficient (Wildman–Crippen LogP) is 4.76. The maximum absolute atomic E-state index is 12.5. The second-order valence-corrected chi connectivity index (χ2v) is 9.76. The van der Waals surface area contributed by atoms with Gasteiger partial charge < -0.3 is 5.32 Å². The van der Waals surface area contributed by atoms with Gasteiger partial charge in [0.1, 0.15) is 0 Å². The van der Waals surface area contributed by atoms with Crippen molar-refractivity contribution in [1.82, 2.24) is 5.32 Å². The van der Waals surface area contributed by atoms with Gasteiger partial charge in [0.2, 0.25) is 5.91 Å². The van der Waals surface area contributed by atoms with Crippen molar-refractivity contribution in [2.24, 2.45) is 0 Å². The molecular weight excluding hydrogens is 451 g/mol. The Kier molecular flexibility index (Phi) is 7.18. The quantitative estimate of drug-likeness (QED) is 0.500. The number of hydrogen-bond acceptors (Lipinski definition) is 4. The van der Waals surface area contributed by atoms with Crippen molar-refractivity contribution >= 4 is 56.2 Å². The zero-order valence-corrected chi connectivity index (χ0v) is 18.3. The van der Waals surface area contributed by atoms with Gasteiger partial charge in [-0.15, -0.1) is 11.3 Å². The Hall–Kier alpha value is -2.06. The Balaban J connectivity index is 1.55. The maximum Gasteiger partial charge on any atom is 0.261 e. The fraction of sp³-hybridized carbons (Fsp3) is 0.150. The van der Waals surface area contributed by atoms with E-state index in [4.69, 9.17) is 23.2 Å². The third kappa shape index (κ3) is 6.21. The molecule has 1 aromatic heterocycles. The summed E-state index contributed by atoms with van der Waals surface area (Å²) in [6.07, 6.45) is 1.03. The molecule has 9 heteroatoms. The van der Waals surface area contributed by atoms with Crippen LogP contribution < -0.4 is 10.0 Å². The highest BCUT2D eigenvalue weighted by Gasteiger charge is 2.16. The number of sulfonamides is 1. The summed E-state index contributed by atoms with van der Waals surface area (Å²) in [5.74, 6) is -0.0781. The van der Waals surface area contributed by atoms with E-state index >= 15 is 0 Å². The fourth-order valence-electron chi connectivity index (χ4n) is 2.58. The summed E-state index contributed by atoms with van der Waals surface area (Å²) in [6, 6.07) is 14.8. The molecule has 0 fully saturated rings. The van der Waals surface area contributed by atoms with Gasteiger partial charge in [0.25, 0.3) is 10.0 Å². The average Bonchev–Trinajstić information content (AvgIpc) is 3.19. The molecule has 3 aromatic rings. The first-order valence-electron chi connectivity index (χ1n) is 8.69. The maximum atomic E-state index is 12.5. The van der Waals surface area contributed by atoms with Crippen LogP contribution in [0.25, 0.3) is 0 Å². The molecular formula is C20H18Cl2N2O3S2. The number of amides is 1. The minimum atomic E-state index is -3.79. The highest BCUT2D eigenvalue weighted by Crippen LogP contribution is 2.26. The summed E-state index contributed by atoms with van der Waals surface area (Å²) < 4.78 is 27.4. The Labute approximate surface area is 183 Å². The van der Waals surface area contributed by atoms with Crippen molar-refractivity contribution in [1.29, 1.82) is 0 Å². The molecule has 1 amide bonds. The van der Waals surface area contributed by atoms with E-state index < -0.39 is 10.0 Å². The van der Waals surface area contributed by atoms with E-state index in [-0.39, 0.29) is 27.3 Å². The number of anilines is 1. The van der Waals surface area contributed by atoms with Gasteiger partial charge in [-0.3, -0.25) is 9.52 Å². The van der Waals surface area contributed by atoms with Crippen LogP contribution in [-0.2, 0) is 27.7 Å². The van der Waals surface area contributed by atoms with Gasteiger partial charge in [0, 0.05) is 17.1 Å². The number of carbonyl (C=O) groups excluding carboxylic acids is 1. The lowest BCUT2D eigenvalue weighted by Gasteiger charge is -2.10. The third-order valence-corrected chi connectivity index (χ3v) is 7.10. The second kappa shape index (κ2) is 9.63. The molecule has 0 aliphatic carbocycles. The molecule has 2 N–H and O–H groups in total. The van der Waals surface area contributed by atoms with E-state index in [1.807, 2.05) is 17.5 Å². The van der Waals surface area contributed by atoms with Gasteiger partial charge in [-0.2, -0.15) is 0 Å². The van der Waals surface area contributed by atoms with E-state index in [0.29, 0.717) is 12.2 Å². The Morgan fingerprint density at radius 1 is 1.00 bits per heavy atom. The number of hydrogen-bond donors (Lipinski definition) is 2. The molecule has 152 valence electrons. The number of nitrogens with one attached hydrogen (secondary N) is 2. The number of rotatable bonds is 8. The van der Waals surface area contributed by atoms with Crippen LogP contribution in [0.5, 0.6) is 0 Å². The van der Waals surface area contributed by atoms with Crippen LogP contribution in [0.4, 0.5) is 5.69 Å². The zero-order chi connectivity index (χ0) is 20.9. The number of thiophene rings is 1. The minimum absolute atomic E-state index is 0.0149. The zero-order valence-electron chi connectivity index (χ0n) is 15.2. The average molecular weight is 469 g/mol. The van der Waals surface area contributed by atoms with Crippen molar-refractivity contribution < 1.29 is 13.2 Å². The molecule has 0 saturated heterocycles. The summed E-state index contributed by atoms with van der Waals surface area (Å²) >= 11 is 13.4. The molecule has 1 heterocycles. The highest BCUT2D eigenvalue weighted by atomic mass is 35.5. The first-order valence-corrected chi connectivity index (χ1v) is 11.8. The molecule has 3 rings (SSSR count). The second-order valence-electron chi connectivity index (χ2n) is 6.23. The van der Waals surface area contributed by atoms with Crippen molar-refractivity contribution in [2.45, 2.75) is 17.7 Å². The van der Waals surface area contributed by atoms with Crippen LogP contribution in [0, 0.1) is 0 Å². The molecule has 0 radical (unpaired) electrons. The minimum Gasteiger partial charge on any atom is -0.355 e. The summed E-state index contributed by atoms with van der Waals surface area (Å²) in [6.45, 7) is 0.584. The molecule has 0 bridgehead atoms. The van der Waals surface area contributed by atoms with Gasteiger partial charge in [-0.25, -0.2) is 8.42 Å². The molecule has 0 spiro atoms. The topological polar surface area (TPSA) is 75.3 Å². The van der Waals surface area contributed by atoms with Gasteiger partial charge >= 0.3 is 0 Å². The highest BCUT2D eigenvalue weighted by molar-refractivity contribution is 7.92. The fourth-order valence-corrected chi connectivity index (χ4v) is 4.73. The molecule has 0 saturated carbocycles. The summed E-state index contributed by atoms with van der Waals surface area (Å²) in [4.78, 5) is 13.3. The normalized spacial score (nSPS) is 11.2. The number of carbonyl (C=O) groups is 1. The Morgan fingerprint density at radius 3 is 2.41 bits per heavy atom. The number of benzene rings is 2. The van der Waals surface area contributed by atoms with Crippen molar-refractivity contribution in [3.8, 4) is 0 Å². The molecule has 0 aliphatic heterocycles. The standard InChI is InChI=1S/C20H18Cl2N2O3S2/c21-18-8-7-17(13-19(18)22)29(26,27)24-15-5-3-14(4-6-15)12-20(25)23-10-9-16-2-1-11-28-16/h1-8,11,13,24H,9-10,12H2,(H,23,25). The summed E-state index contributed by atoms with van der Waals surface area (Å²) in [5, 5.41) is 5.34. The molecule has 0 unspecified atom stereocenters. The van der Waals surface area contributed by atoms with Gasteiger partial charge in [-0.05, 0) is 53.8 Å². The summed E-state index contributed by atoms with van der Waals surface area (Å²) in [5.41, 5.74) is 1.18. The van der Waals surface area contributed by atoms with Crippen LogP contribution in [0.15, 0.2) is 64.9 Å². The van der Waals surface area contributed by atoms with Crippen molar-refractivity contribution in [2.75, 3.05) is 11.3 Å². The largest absolute Gasteiger partial charge is 0.355 e. The van der Waals surface area contributed by atoms with Crippen LogP contribution >= 0.6 is 34.5 Å². The Bertz CT molecular complexity index is 1080. The van der Waals surface area contributed by atoms with Gasteiger partial charge in [-0.1, -0.05) is 41.4 Å². The monoisotopic (exact) mass is 468 g/mol. The van der Waals surface area contributed by atoms with Crippen LogP contribution in [0.1, 0.15) is 10.4 Å². The molecule has 0 atom stereocenters. The summed E-state index contributed by atoms with van der Waals surface area (Å²) in [7, 11) is -3.79. The van der Waals surface area contributed by atoms with Gasteiger partial charge in [0.15, 0.2) is 0 Å². The predicted molar refractivity (Wildman–Crippen MR) is 118 cm³/mol. The van der Waals surface area contributed by atoms with E-state index in [9.17, 15) is 13.2 Å². The third-order valence-electron chi connectivity index (χ3n) is 4.05. The lowest BCUT2D eigenvalue weighted by Crippen LogP contribution is -2.27. The van der Waals surface area contributed by atoms with Crippen LogP contribution in [0.3, 0.4) is 0 Å². The molecule has 2 aromatic carbocycles. The van der Waals surface area contributed by atoms with Crippen LogP contribution in [-0.4, -0.2) is 20.9 Å². The van der Waals surface area contributed by atoms with E-state index in [2.05, 4.69) is 10.0 Å². The molecule has 5 nitrogen and oxygen atoms in total. The molecule has 0 aliphatic rings. The van der Waals surface area contributed by atoms with Crippen molar-refractivity contribution in [3.05, 3.63) is 80.5 Å². The Morgan fingerprint density at radius 2 is 1.76 bits per heavy atom. The number of halogens is 2. The van der Waals surface area contributed by atoms with Crippen LogP contribution in [0.2, 0.25) is 10.0 Å².